The summed E-state index contributed by atoms with van der Waals surface area (Å²) in [5, 5.41) is 0. The summed E-state index contributed by atoms with van der Waals surface area (Å²) in [6.45, 7) is 0.460. The summed E-state index contributed by atoms with van der Waals surface area (Å²) >= 11 is 3.69. The van der Waals surface area contributed by atoms with E-state index in [1.165, 1.54) is 0 Å². The van der Waals surface area contributed by atoms with Gasteiger partial charge in [-0.3, -0.25) is 4.79 Å². The number of rotatable bonds is 5. The molecule has 0 radical (unpaired) electrons. The number of hydrogen-bond donors (Lipinski definition) is 0. The molecule has 0 bridgehead atoms. The lowest BCUT2D eigenvalue weighted by molar-refractivity contribution is 0.112. The zero-order chi connectivity index (χ0) is 16.1. The van der Waals surface area contributed by atoms with E-state index in [0.29, 0.717) is 12.2 Å². The van der Waals surface area contributed by atoms with Crippen LogP contribution in [0.2, 0.25) is 0 Å². The topological polar surface area (TPSA) is 26.3 Å². The molecule has 0 fully saturated rings. The minimum absolute atomic E-state index is 0.460. The smallest absolute Gasteiger partial charge is 0.150 e. The molecule has 3 aromatic carbocycles. The van der Waals surface area contributed by atoms with Crippen molar-refractivity contribution in [1.29, 1.82) is 0 Å². The largest absolute Gasteiger partial charge is 0.489 e. The van der Waals surface area contributed by atoms with Gasteiger partial charge in [0.2, 0.25) is 0 Å². The molecule has 2 nitrogen and oxygen atoms in total. The Morgan fingerprint density at radius 2 is 1.61 bits per heavy atom. The SMILES string of the molecule is O=Cc1ccc(OCc2cccc(-c3ccccc3)c2Br)cc1. The Kier molecular flexibility index (Phi) is 4.89. The van der Waals surface area contributed by atoms with Crippen molar-refractivity contribution in [3.63, 3.8) is 0 Å². The van der Waals surface area contributed by atoms with Crippen LogP contribution in [0.25, 0.3) is 11.1 Å². The number of aldehydes is 1. The van der Waals surface area contributed by atoms with Gasteiger partial charge in [0, 0.05) is 15.6 Å². The lowest BCUT2D eigenvalue weighted by atomic mass is 10.0. The highest BCUT2D eigenvalue weighted by atomic mass is 79.9. The molecular weight excluding hydrogens is 352 g/mol. The van der Waals surface area contributed by atoms with E-state index in [1.54, 1.807) is 24.3 Å². The normalized spacial score (nSPS) is 10.3. The quantitative estimate of drug-likeness (QED) is 0.556. The lowest BCUT2D eigenvalue weighted by Gasteiger charge is -2.11. The minimum Gasteiger partial charge on any atom is -0.489 e. The van der Waals surface area contributed by atoms with Gasteiger partial charge in [0.15, 0.2) is 0 Å². The first-order chi connectivity index (χ1) is 11.3. The molecule has 0 atom stereocenters. The van der Waals surface area contributed by atoms with Crippen molar-refractivity contribution in [2.24, 2.45) is 0 Å². The third-order valence-electron chi connectivity index (χ3n) is 3.57. The van der Waals surface area contributed by atoms with Gasteiger partial charge >= 0.3 is 0 Å². The molecule has 0 aliphatic heterocycles. The van der Waals surface area contributed by atoms with Crippen LogP contribution in [0.1, 0.15) is 15.9 Å². The summed E-state index contributed by atoms with van der Waals surface area (Å²) in [5.41, 5.74) is 4.02. The molecule has 0 aliphatic rings. The highest BCUT2D eigenvalue weighted by molar-refractivity contribution is 9.10. The Morgan fingerprint density at radius 1 is 0.870 bits per heavy atom. The first kappa shape index (κ1) is 15.5. The molecule has 0 spiro atoms. The predicted molar refractivity (Wildman–Crippen MR) is 95.7 cm³/mol. The van der Waals surface area contributed by atoms with E-state index in [-0.39, 0.29) is 0 Å². The Balaban J connectivity index is 1.79. The molecule has 0 aromatic heterocycles. The second-order valence-electron chi connectivity index (χ2n) is 5.12. The maximum absolute atomic E-state index is 10.7. The molecule has 0 amide bonds. The van der Waals surface area contributed by atoms with Gasteiger partial charge in [-0.05, 0) is 51.3 Å². The third-order valence-corrected chi connectivity index (χ3v) is 4.51. The van der Waals surface area contributed by atoms with Crippen molar-refractivity contribution < 1.29 is 9.53 Å². The predicted octanol–water partition coefficient (Wildman–Crippen LogP) is 5.51. The number of carbonyl (C=O) groups is 1. The van der Waals surface area contributed by atoms with E-state index in [4.69, 9.17) is 4.74 Å². The summed E-state index contributed by atoms with van der Waals surface area (Å²) in [4.78, 5) is 10.7. The van der Waals surface area contributed by atoms with Gasteiger partial charge in [0.1, 0.15) is 18.6 Å². The monoisotopic (exact) mass is 366 g/mol. The Labute approximate surface area is 143 Å². The van der Waals surface area contributed by atoms with E-state index < -0.39 is 0 Å². The Morgan fingerprint density at radius 3 is 2.30 bits per heavy atom. The molecule has 0 aliphatic carbocycles. The maximum Gasteiger partial charge on any atom is 0.150 e. The standard InChI is InChI=1S/C20H15BrO2/c21-20-17(14-23-18-11-9-15(13-22)10-12-18)7-4-8-19(20)16-5-2-1-3-6-16/h1-13H,14H2. The molecule has 3 rings (SSSR count). The van der Waals surface area contributed by atoms with Crippen LogP contribution in [0, 0.1) is 0 Å². The van der Waals surface area contributed by atoms with Gasteiger partial charge in [-0.25, -0.2) is 0 Å². The highest BCUT2D eigenvalue weighted by Gasteiger charge is 2.08. The molecule has 0 unspecified atom stereocenters. The Hall–Kier alpha value is -2.39. The average molecular weight is 367 g/mol. The number of benzene rings is 3. The fourth-order valence-corrected chi connectivity index (χ4v) is 2.94. The second kappa shape index (κ2) is 7.25. The summed E-state index contributed by atoms with van der Waals surface area (Å²) in [7, 11) is 0. The highest BCUT2D eigenvalue weighted by Crippen LogP contribution is 2.31. The van der Waals surface area contributed by atoms with Gasteiger partial charge in [-0.15, -0.1) is 0 Å². The van der Waals surface area contributed by atoms with Crippen molar-refractivity contribution in [3.05, 3.63) is 88.4 Å². The van der Waals surface area contributed by atoms with Crippen LogP contribution in [-0.4, -0.2) is 6.29 Å². The summed E-state index contributed by atoms with van der Waals surface area (Å²) < 4.78 is 6.86. The van der Waals surface area contributed by atoms with Crippen molar-refractivity contribution >= 4 is 22.2 Å². The van der Waals surface area contributed by atoms with Crippen LogP contribution in [0.4, 0.5) is 0 Å². The second-order valence-corrected chi connectivity index (χ2v) is 5.91. The van der Waals surface area contributed by atoms with Gasteiger partial charge < -0.3 is 4.74 Å². The molecule has 0 saturated heterocycles. The van der Waals surface area contributed by atoms with Crippen LogP contribution in [0.3, 0.4) is 0 Å². The fraction of sp³-hybridized carbons (Fsp3) is 0.0500. The molecule has 114 valence electrons. The van der Waals surface area contributed by atoms with Crippen molar-refractivity contribution in [2.45, 2.75) is 6.61 Å². The first-order valence-corrected chi connectivity index (χ1v) is 8.08. The molecular formula is C20H15BrO2. The summed E-state index contributed by atoms with van der Waals surface area (Å²) in [5.74, 6) is 0.743. The first-order valence-electron chi connectivity index (χ1n) is 7.29. The van der Waals surface area contributed by atoms with Crippen molar-refractivity contribution in [2.75, 3.05) is 0 Å². The lowest BCUT2D eigenvalue weighted by Crippen LogP contribution is -1.97. The molecule has 23 heavy (non-hydrogen) atoms. The van der Waals surface area contributed by atoms with E-state index in [1.807, 2.05) is 30.3 Å². The zero-order valence-corrected chi connectivity index (χ0v) is 14.0. The third kappa shape index (κ3) is 3.69. The molecule has 0 heterocycles. The van der Waals surface area contributed by atoms with Crippen LogP contribution in [-0.2, 0) is 6.61 Å². The van der Waals surface area contributed by atoms with E-state index in [9.17, 15) is 4.79 Å². The van der Waals surface area contributed by atoms with Gasteiger partial charge in [0.05, 0.1) is 0 Å². The van der Waals surface area contributed by atoms with Gasteiger partial charge in [-0.2, -0.15) is 0 Å². The van der Waals surface area contributed by atoms with E-state index >= 15 is 0 Å². The van der Waals surface area contributed by atoms with E-state index in [0.717, 1.165) is 33.2 Å². The Bertz CT molecular complexity index is 796. The van der Waals surface area contributed by atoms with E-state index in [2.05, 4.69) is 34.1 Å². The van der Waals surface area contributed by atoms with Crippen molar-refractivity contribution in [3.8, 4) is 16.9 Å². The van der Waals surface area contributed by atoms with Crippen LogP contribution < -0.4 is 4.74 Å². The maximum atomic E-state index is 10.7. The number of halogens is 1. The van der Waals surface area contributed by atoms with Crippen molar-refractivity contribution in [1.82, 2.24) is 0 Å². The average Bonchev–Trinajstić information content (AvgIpc) is 2.62. The van der Waals surface area contributed by atoms with Crippen LogP contribution >= 0.6 is 15.9 Å². The molecule has 0 N–H and O–H groups in total. The molecule has 0 saturated carbocycles. The number of carbonyl (C=O) groups excluding carboxylic acids is 1. The fourth-order valence-electron chi connectivity index (χ4n) is 2.34. The number of hydrogen-bond acceptors (Lipinski definition) is 2. The van der Waals surface area contributed by atoms with Gasteiger partial charge in [0.25, 0.3) is 0 Å². The minimum atomic E-state index is 0.460. The molecule has 3 aromatic rings. The number of ether oxygens (including phenoxy) is 1. The summed E-state index contributed by atoms with van der Waals surface area (Å²) in [6.07, 6.45) is 0.823. The van der Waals surface area contributed by atoms with Crippen LogP contribution in [0.5, 0.6) is 5.75 Å². The van der Waals surface area contributed by atoms with Gasteiger partial charge in [-0.1, -0.05) is 48.5 Å². The summed E-state index contributed by atoms with van der Waals surface area (Å²) in [6, 6.07) is 23.5. The molecule has 3 heteroatoms. The van der Waals surface area contributed by atoms with Crippen LogP contribution in [0.15, 0.2) is 77.3 Å². The zero-order valence-electron chi connectivity index (χ0n) is 12.4.